The van der Waals surface area contributed by atoms with Crippen molar-refractivity contribution in [3.63, 3.8) is 0 Å². The van der Waals surface area contributed by atoms with Crippen LogP contribution in [0, 0.1) is 5.92 Å². The van der Waals surface area contributed by atoms with Gasteiger partial charge in [0.15, 0.2) is 0 Å². The van der Waals surface area contributed by atoms with Crippen molar-refractivity contribution >= 4 is 34.6 Å². The Hall–Kier alpha value is -2.96. The number of hydrogen-bond acceptors (Lipinski definition) is 4. The van der Waals surface area contributed by atoms with E-state index >= 15 is 0 Å². The number of benzene rings is 1. The van der Waals surface area contributed by atoms with Gasteiger partial charge in [-0.3, -0.25) is 9.59 Å². The van der Waals surface area contributed by atoms with Gasteiger partial charge in [0.1, 0.15) is 0 Å². The lowest BCUT2D eigenvalue weighted by molar-refractivity contribution is -0.123. The number of aromatic nitrogens is 1. The summed E-state index contributed by atoms with van der Waals surface area (Å²) < 4.78 is 0. The Balaban J connectivity index is 1.53. The van der Waals surface area contributed by atoms with E-state index in [1.807, 2.05) is 30.5 Å². The van der Waals surface area contributed by atoms with Crippen molar-refractivity contribution in [2.24, 2.45) is 16.1 Å². The van der Waals surface area contributed by atoms with E-state index in [1.54, 1.807) is 13.1 Å². The number of hydrogen-bond donors (Lipinski definition) is 3. The van der Waals surface area contributed by atoms with E-state index in [2.05, 4.69) is 26.0 Å². The average molecular weight is 311 g/mol. The van der Waals surface area contributed by atoms with Crippen LogP contribution in [-0.2, 0) is 9.59 Å². The summed E-state index contributed by atoms with van der Waals surface area (Å²) in [4.78, 5) is 26.4. The number of H-pyrrole nitrogens is 1. The fourth-order valence-electron chi connectivity index (χ4n) is 2.53. The Labute approximate surface area is 132 Å². The summed E-state index contributed by atoms with van der Waals surface area (Å²) in [6.45, 7) is 1.77. The normalized spacial score (nSPS) is 17.5. The van der Waals surface area contributed by atoms with Crippen molar-refractivity contribution in [2.75, 3.05) is 0 Å². The molecule has 0 radical (unpaired) electrons. The van der Waals surface area contributed by atoms with Gasteiger partial charge < -0.3 is 4.98 Å². The van der Waals surface area contributed by atoms with Crippen molar-refractivity contribution in [1.29, 1.82) is 0 Å². The van der Waals surface area contributed by atoms with Crippen LogP contribution in [0.4, 0.5) is 0 Å². The van der Waals surface area contributed by atoms with Crippen LogP contribution in [0.3, 0.4) is 0 Å². The summed E-state index contributed by atoms with van der Waals surface area (Å²) in [5, 5.41) is 8.87. The fourth-order valence-corrected chi connectivity index (χ4v) is 2.53. The van der Waals surface area contributed by atoms with Gasteiger partial charge in [-0.2, -0.15) is 10.2 Å². The molecule has 1 atom stereocenters. The summed E-state index contributed by atoms with van der Waals surface area (Å²) in [7, 11) is 0. The number of nitrogens with one attached hydrogen (secondary N) is 3. The zero-order valence-electron chi connectivity index (χ0n) is 12.7. The molecule has 1 aliphatic heterocycles. The number of amides is 2. The highest BCUT2D eigenvalue weighted by molar-refractivity contribution is 6.07. The lowest BCUT2D eigenvalue weighted by Gasteiger charge is -2.06. The first-order valence-electron chi connectivity index (χ1n) is 7.37. The maximum Gasteiger partial charge on any atom is 0.248 e. The van der Waals surface area contributed by atoms with Crippen LogP contribution in [0.25, 0.3) is 10.9 Å². The van der Waals surface area contributed by atoms with Crippen LogP contribution in [0.15, 0.2) is 40.7 Å². The minimum atomic E-state index is -0.321. The highest BCUT2D eigenvalue weighted by Gasteiger charge is 2.26. The quantitative estimate of drug-likeness (QED) is 0.576. The van der Waals surface area contributed by atoms with Gasteiger partial charge in [-0.05, 0) is 19.4 Å². The third kappa shape index (κ3) is 3.28. The molecule has 0 saturated carbocycles. The van der Waals surface area contributed by atoms with Crippen molar-refractivity contribution < 1.29 is 9.59 Å². The minimum Gasteiger partial charge on any atom is -0.361 e. The van der Waals surface area contributed by atoms with Crippen LogP contribution < -0.4 is 10.9 Å². The molecular formula is C16H17N5O2. The number of para-hydroxylation sites is 1. The first-order valence-corrected chi connectivity index (χ1v) is 7.37. The second-order valence-electron chi connectivity index (χ2n) is 5.40. The maximum atomic E-state index is 11.8. The molecule has 7 nitrogen and oxygen atoms in total. The molecule has 0 fully saturated rings. The molecule has 2 heterocycles. The van der Waals surface area contributed by atoms with Crippen LogP contribution in [0.2, 0.25) is 0 Å². The Morgan fingerprint density at radius 1 is 1.43 bits per heavy atom. The largest absolute Gasteiger partial charge is 0.361 e. The molecule has 3 N–H and O–H groups in total. The maximum absolute atomic E-state index is 11.8. The number of nitrogens with zero attached hydrogens (tertiary/aromatic N) is 2. The molecule has 2 amide bonds. The number of rotatable bonds is 5. The van der Waals surface area contributed by atoms with Crippen molar-refractivity contribution in [3.8, 4) is 0 Å². The summed E-state index contributed by atoms with van der Waals surface area (Å²) in [5.41, 5.74) is 7.52. The van der Waals surface area contributed by atoms with Crippen LogP contribution in [0.5, 0.6) is 0 Å². The van der Waals surface area contributed by atoms with Crippen LogP contribution in [-0.4, -0.2) is 28.7 Å². The molecule has 0 aliphatic carbocycles. The van der Waals surface area contributed by atoms with Gasteiger partial charge in [-0.1, -0.05) is 18.2 Å². The Morgan fingerprint density at radius 3 is 3.04 bits per heavy atom. The molecular weight excluding hydrogens is 294 g/mol. The number of hydrazone groups is 2. The number of carbonyl (C=O) groups is 2. The summed E-state index contributed by atoms with van der Waals surface area (Å²) in [6.07, 6.45) is 4.08. The topological polar surface area (TPSA) is 98.7 Å². The van der Waals surface area contributed by atoms with Gasteiger partial charge in [0.05, 0.1) is 12.1 Å². The van der Waals surface area contributed by atoms with E-state index in [-0.39, 0.29) is 24.2 Å². The van der Waals surface area contributed by atoms with Gasteiger partial charge in [-0.15, -0.1) is 0 Å². The zero-order chi connectivity index (χ0) is 16.2. The lowest BCUT2D eigenvalue weighted by atomic mass is 9.99. The molecule has 3 rings (SSSR count). The molecule has 1 aliphatic rings. The predicted molar refractivity (Wildman–Crippen MR) is 88.0 cm³/mol. The number of fused-ring (bicyclic) bond motifs is 1. The smallest absolute Gasteiger partial charge is 0.248 e. The Bertz CT molecular complexity index is 806. The lowest BCUT2D eigenvalue weighted by Crippen LogP contribution is -2.25. The van der Waals surface area contributed by atoms with E-state index < -0.39 is 0 Å². The van der Waals surface area contributed by atoms with Crippen molar-refractivity contribution in [3.05, 3.63) is 36.0 Å². The SMILES string of the molecule is CC1=NNC(=O)[C@H]1CCC(=O)N/N=C\c1c[nH]c2ccccc12. The molecule has 7 heteroatoms. The second kappa shape index (κ2) is 6.43. The molecule has 0 spiro atoms. The Morgan fingerprint density at radius 2 is 2.26 bits per heavy atom. The molecule has 0 unspecified atom stereocenters. The standard InChI is InChI=1S/C16H17N5O2/c1-10-12(16(23)21-19-10)6-7-15(22)20-18-9-11-8-17-14-5-3-2-4-13(11)14/h2-5,8-9,12,17H,6-7H2,1H3,(H,20,22)(H,21,23)/b18-9-/t12-/m0/s1. The highest BCUT2D eigenvalue weighted by atomic mass is 16.2. The Kier molecular flexibility index (Phi) is 4.18. The molecule has 1 aromatic heterocycles. The van der Waals surface area contributed by atoms with Crippen LogP contribution >= 0.6 is 0 Å². The molecule has 2 aromatic rings. The van der Waals surface area contributed by atoms with Gasteiger partial charge in [0.2, 0.25) is 11.8 Å². The average Bonchev–Trinajstić information content (AvgIpc) is 3.10. The van der Waals surface area contributed by atoms with Gasteiger partial charge in [0.25, 0.3) is 0 Å². The van der Waals surface area contributed by atoms with Crippen molar-refractivity contribution in [2.45, 2.75) is 19.8 Å². The van der Waals surface area contributed by atoms with E-state index in [0.29, 0.717) is 12.1 Å². The van der Waals surface area contributed by atoms with Gasteiger partial charge in [0, 0.05) is 34.8 Å². The first kappa shape index (κ1) is 15.0. The minimum absolute atomic E-state index is 0.155. The summed E-state index contributed by atoms with van der Waals surface area (Å²) in [6, 6.07) is 7.85. The fraction of sp³-hybridized carbons (Fsp3) is 0.250. The first-order chi connectivity index (χ1) is 11.1. The summed E-state index contributed by atoms with van der Waals surface area (Å²) in [5.74, 6) is -0.704. The van der Waals surface area contributed by atoms with Crippen molar-refractivity contribution in [1.82, 2.24) is 15.8 Å². The van der Waals surface area contributed by atoms with Gasteiger partial charge in [-0.25, -0.2) is 10.9 Å². The van der Waals surface area contributed by atoms with E-state index in [1.165, 1.54) is 0 Å². The zero-order valence-corrected chi connectivity index (χ0v) is 12.7. The third-order valence-electron chi connectivity index (χ3n) is 3.84. The second-order valence-corrected chi connectivity index (χ2v) is 5.40. The molecule has 0 bridgehead atoms. The van der Waals surface area contributed by atoms with E-state index in [9.17, 15) is 9.59 Å². The van der Waals surface area contributed by atoms with E-state index in [4.69, 9.17) is 0 Å². The van der Waals surface area contributed by atoms with Gasteiger partial charge >= 0.3 is 0 Å². The van der Waals surface area contributed by atoms with E-state index in [0.717, 1.165) is 16.5 Å². The number of carbonyl (C=O) groups excluding carboxylic acids is 2. The molecule has 118 valence electrons. The number of aromatic amines is 1. The molecule has 23 heavy (non-hydrogen) atoms. The van der Waals surface area contributed by atoms with Crippen LogP contribution in [0.1, 0.15) is 25.3 Å². The summed E-state index contributed by atoms with van der Waals surface area (Å²) >= 11 is 0. The highest BCUT2D eigenvalue weighted by Crippen LogP contribution is 2.16. The third-order valence-corrected chi connectivity index (χ3v) is 3.84. The molecule has 0 saturated heterocycles. The predicted octanol–water partition coefficient (Wildman–Crippen LogP) is 1.52. The monoisotopic (exact) mass is 311 g/mol. The molecule has 1 aromatic carbocycles.